The molecule has 2 aromatic rings. The molecule has 2 aliphatic rings. The summed E-state index contributed by atoms with van der Waals surface area (Å²) in [6, 6.07) is 18.1. The van der Waals surface area contributed by atoms with E-state index >= 15 is 0 Å². The SMILES string of the molecule is O=C(N[C@]1(c2ccccc2)C(=O)OC2=CC=CC=C[C@H]21)c1ccccc1. The van der Waals surface area contributed by atoms with E-state index in [0.29, 0.717) is 16.9 Å². The van der Waals surface area contributed by atoms with E-state index in [0.717, 1.165) is 0 Å². The van der Waals surface area contributed by atoms with Crippen molar-refractivity contribution in [2.75, 3.05) is 0 Å². The molecule has 4 heteroatoms. The Balaban J connectivity index is 1.84. The molecule has 1 heterocycles. The van der Waals surface area contributed by atoms with E-state index < -0.39 is 17.4 Å². The van der Waals surface area contributed by atoms with E-state index in [1.54, 1.807) is 30.3 Å². The highest BCUT2D eigenvalue weighted by Crippen LogP contribution is 2.44. The monoisotopic (exact) mass is 343 g/mol. The normalized spacial score (nSPS) is 23.6. The molecule has 4 nitrogen and oxygen atoms in total. The van der Waals surface area contributed by atoms with Gasteiger partial charge >= 0.3 is 5.97 Å². The summed E-state index contributed by atoms with van der Waals surface area (Å²) < 4.78 is 5.56. The van der Waals surface area contributed by atoms with Crippen molar-refractivity contribution in [3.05, 3.63) is 108 Å². The van der Waals surface area contributed by atoms with Gasteiger partial charge in [-0.25, -0.2) is 4.79 Å². The van der Waals surface area contributed by atoms with Gasteiger partial charge in [-0.2, -0.15) is 0 Å². The molecule has 0 unspecified atom stereocenters. The molecule has 2 atom stereocenters. The van der Waals surface area contributed by atoms with Crippen molar-refractivity contribution < 1.29 is 14.3 Å². The third kappa shape index (κ3) is 2.56. The van der Waals surface area contributed by atoms with Crippen LogP contribution in [0.2, 0.25) is 0 Å². The Morgan fingerprint density at radius 3 is 2.35 bits per heavy atom. The highest BCUT2D eigenvalue weighted by Gasteiger charge is 2.56. The Hall–Kier alpha value is -3.40. The fourth-order valence-electron chi connectivity index (χ4n) is 3.40. The van der Waals surface area contributed by atoms with Crippen LogP contribution in [0, 0.1) is 5.92 Å². The topological polar surface area (TPSA) is 55.4 Å². The summed E-state index contributed by atoms with van der Waals surface area (Å²) in [7, 11) is 0. The van der Waals surface area contributed by atoms with Gasteiger partial charge in [-0.15, -0.1) is 0 Å². The molecule has 4 rings (SSSR count). The average molecular weight is 343 g/mol. The van der Waals surface area contributed by atoms with Crippen LogP contribution in [0.5, 0.6) is 0 Å². The second-order valence-electron chi connectivity index (χ2n) is 6.20. The maximum Gasteiger partial charge on any atom is 0.342 e. The van der Waals surface area contributed by atoms with Gasteiger partial charge in [-0.05, 0) is 23.8 Å². The van der Waals surface area contributed by atoms with Crippen LogP contribution in [0.1, 0.15) is 15.9 Å². The lowest BCUT2D eigenvalue weighted by atomic mass is 9.78. The van der Waals surface area contributed by atoms with Gasteiger partial charge in [0.05, 0.1) is 5.92 Å². The second-order valence-corrected chi connectivity index (χ2v) is 6.20. The first-order valence-corrected chi connectivity index (χ1v) is 8.42. The van der Waals surface area contributed by atoms with Crippen molar-refractivity contribution in [1.82, 2.24) is 5.32 Å². The second kappa shape index (κ2) is 6.48. The van der Waals surface area contributed by atoms with Crippen LogP contribution in [0.25, 0.3) is 0 Å². The number of fused-ring (bicyclic) bond motifs is 1. The molecular weight excluding hydrogens is 326 g/mol. The number of carbonyl (C=O) groups is 2. The number of ether oxygens (including phenoxy) is 1. The van der Waals surface area contributed by atoms with Crippen LogP contribution in [-0.2, 0) is 15.1 Å². The number of amides is 1. The minimum Gasteiger partial charge on any atom is -0.428 e. The number of benzene rings is 2. The Labute approximate surface area is 151 Å². The summed E-state index contributed by atoms with van der Waals surface area (Å²) in [5.41, 5.74) is -0.124. The van der Waals surface area contributed by atoms with E-state index in [1.165, 1.54) is 0 Å². The number of carbonyl (C=O) groups excluding carboxylic acids is 2. The molecular formula is C22H17NO3. The Morgan fingerprint density at radius 2 is 1.62 bits per heavy atom. The van der Waals surface area contributed by atoms with Crippen molar-refractivity contribution in [1.29, 1.82) is 0 Å². The lowest BCUT2D eigenvalue weighted by Crippen LogP contribution is -2.53. The maximum atomic E-state index is 13.0. The third-order valence-corrected chi connectivity index (χ3v) is 4.67. The zero-order valence-electron chi connectivity index (χ0n) is 14.0. The first kappa shape index (κ1) is 16.1. The predicted molar refractivity (Wildman–Crippen MR) is 98.0 cm³/mol. The zero-order valence-corrected chi connectivity index (χ0v) is 14.0. The van der Waals surface area contributed by atoms with Gasteiger partial charge in [0.2, 0.25) is 0 Å². The van der Waals surface area contributed by atoms with Crippen molar-refractivity contribution in [3.63, 3.8) is 0 Å². The fourth-order valence-corrected chi connectivity index (χ4v) is 3.40. The van der Waals surface area contributed by atoms with Gasteiger partial charge in [-0.3, -0.25) is 4.79 Å². The summed E-state index contributed by atoms with van der Waals surface area (Å²) in [4.78, 5) is 25.9. The van der Waals surface area contributed by atoms with Crippen LogP contribution >= 0.6 is 0 Å². The number of rotatable bonds is 3. The van der Waals surface area contributed by atoms with Crippen LogP contribution < -0.4 is 5.32 Å². The quantitative estimate of drug-likeness (QED) is 0.868. The number of allylic oxidation sites excluding steroid dienone is 4. The molecule has 1 aliphatic heterocycles. The molecule has 1 aliphatic carbocycles. The number of hydrogen-bond donors (Lipinski definition) is 1. The molecule has 0 radical (unpaired) electrons. The molecule has 0 saturated carbocycles. The van der Waals surface area contributed by atoms with Gasteiger partial charge in [0.15, 0.2) is 5.54 Å². The van der Waals surface area contributed by atoms with Crippen molar-refractivity contribution in [2.45, 2.75) is 5.54 Å². The lowest BCUT2D eigenvalue weighted by Gasteiger charge is -2.31. The molecule has 1 amide bonds. The molecule has 0 aromatic heterocycles. The van der Waals surface area contributed by atoms with E-state index in [4.69, 9.17) is 4.74 Å². The molecule has 0 spiro atoms. The summed E-state index contributed by atoms with van der Waals surface area (Å²) >= 11 is 0. The van der Waals surface area contributed by atoms with E-state index in [9.17, 15) is 9.59 Å². The van der Waals surface area contributed by atoms with Crippen LogP contribution in [-0.4, -0.2) is 11.9 Å². The molecule has 1 fully saturated rings. The van der Waals surface area contributed by atoms with E-state index in [-0.39, 0.29) is 5.91 Å². The van der Waals surface area contributed by atoms with Crippen molar-refractivity contribution in [3.8, 4) is 0 Å². The summed E-state index contributed by atoms with van der Waals surface area (Å²) in [6.07, 6.45) is 9.20. The molecule has 1 N–H and O–H groups in total. The van der Waals surface area contributed by atoms with Gasteiger partial charge in [0.1, 0.15) is 5.76 Å². The standard InChI is InChI=1S/C22H17NO3/c24-20(16-10-4-1-5-11-16)23-22(17-12-6-2-7-13-17)18-14-8-3-9-15-19(18)26-21(22)25/h1-15,18H,(H,23,24)/t18-,22+/m1/s1. The smallest absolute Gasteiger partial charge is 0.342 e. The number of esters is 1. The lowest BCUT2D eigenvalue weighted by molar-refractivity contribution is -0.141. The maximum absolute atomic E-state index is 13.0. The summed E-state index contributed by atoms with van der Waals surface area (Å²) in [6.45, 7) is 0. The first-order chi connectivity index (χ1) is 12.7. The Morgan fingerprint density at radius 1 is 0.923 bits per heavy atom. The van der Waals surface area contributed by atoms with Gasteiger partial charge in [0, 0.05) is 5.56 Å². The zero-order chi connectivity index (χ0) is 18.0. The van der Waals surface area contributed by atoms with Gasteiger partial charge in [-0.1, -0.05) is 72.8 Å². The molecule has 128 valence electrons. The van der Waals surface area contributed by atoms with Crippen LogP contribution in [0.15, 0.2) is 96.8 Å². The number of hydrogen-bond acceptors (Lipinski definition) is 3. The molecule has 26 heavy (non-hydrogen) atoms. The summed E-state index contributed by atoms with van der Waals surface area (Å²) in [5, 5.41) is 2.97. The van der Waals surface area contributed by atoms with E-state index in [1.807, 2.05) is 60.7 Å². The minimum absolute atomic E-state index is 0.321. The van der Waals surface area contributed by atoms with Crippen LogP contribution in [0.3, 0.4) is 0 Å². The highest BCUT2D eigenvalue weighted by molar-refractivity contribution is 6.00. The van der Waals surface area contributed by atoms with Gasteiger partial charge < -0.3 is 10.1 Å². The first-order valence-electron chi connectivity index (χ1n) is 8.42. The van der Waals surface area contributed by atoms with Gasteiger partial charge in [0.25, 0.3) is 5.91 Å². The summed E-state index contributed by atoms with van der Waals surface area (Å²) in [5.74, 6) is -0.695. The molecule has 0 bridgehead atoms. The fraction of sp³-hybridized carbons (Fsp3) is 0.0909. The molecule has 2 aromatic carbocycles. The Kier molecular flexibility index (Phi) is 4.01. The number of nitrogens with one attached hydrogen (secondary N) is 1. The van der Waals surface area contributed by atoms with E-state index in [2.05, 4.69) is 5.32 Å². The highest BCUT2D eigenvalue weighted by atomic mass is 16.5. The van der Waals surface area contributed by atoms with Crippen molar-refractivity contribution in [2.24, 2.45) is 5.92 Å². The Bertz CT molecular complexity index is 928. The van der Waals surface area contributed by atoms with Crippen LogP contribution in [0.4, 0.5) is 0 Å². The third-order valence-electron chi connectivity index (χ3n) is 4.67. The predicted octanol–water partition coefficient (Wildman–Crippen LogP) is 3.49. The minimum atomic E-state index is -1.30. The largest absolute Gasteiger partial charge is 0.428 e. The molecule has 1 saturated heterocycles. The van der Waals surface area contributed by atoms with Crippen molar-refractivity contribution >= 4 is 11.9 Å². The average Bonchev–Trinajstić information content (AvgIpc) is 2.82.